The Hall–Kier alpha value is -1.76. The molecule has 1 unspecified atom stereocenters. The largest absolute Gasteiger partial charge is 0.477 e. The molecule has 0 spiro atoms. The molecule has 0 aromatic heterocycles. The van der Waals surface area contributed by atoms with Crippen LogP contribution in [0.4, 0.5) is 0 Å². The van der Waals surface area contributed by atoms with Crippen molar-refractivity contribution in [3.05, 3.63) is 10.6 Å². The van der Waals surface area contributed by atoms with Crippen LogP contribution >= 0.6 is 23.5 Å². The number of fused-ring (bicyclic) bond motifs is 1. The number of nitrogens with two attached hydrogens (primary N) is 1. The molecule has 3 aliphatic rings. The predicted octanol–water partition coefficient (Wildman–Crippen LogP) is -1.06. The van der Waals surface area contributed by atoms with E-state index in [-0.39, 0.29) is 53.1 Å². The van der Waals surface area contributed by atoms with Crippen molar-refractivity contribution in [3.8, 4) is 0 Å². The van der Waals surface area contributed by atoms with Gasteiger partial charge in [0.25, 0.3) is 0 Å². The van der Waals surface area contributed by atoms with Gasteiger partial charge in [0.05, 0.1) is 30.4 Å². The van der Waals surface area contributed by atoms with Crippen LogP contribution in [-0.4, -0.2) is 86.8 Å². The van der Waals surface area contributed by atoms with Gasteiger partial charge >= 0.3 is 5.97 Å². The maximum atomic E-state index is 12.4. The van der Waals surface area contributed by atoms with Gasteiger partial charge in [-0.3, -0.25) is 14.4 Å². The molecule has 0 aromatic carbocycles. The molecule has 0 aliphatic carbocycles. The quantitative estimate of drug-likeness (QED) is 0.249. The van der Waals surface area contributed by atoms with Crippen LogP contribution in [-0.2, 0) is 19.2 Å². The van der Waals surface area contributed by atoms with Crippen LogP contribution in [0.25, 0.3) is 0 Å². The summed E-state index contributed by atoms with van der Waals surface area (Å²) in [6, 6.07) is -0.123. The van der Waals surface area contributed by atoms with Crippen molar-refractivity contribution in [1.29, 1.82) is 0 Å². The molecule has 3 rings (SSSR count). The fraction of sp³-hybridized carbons (Fsp3) is 0.684. The van der Waals surface area contributed by atoms with Crippen molar-refractivity contribution in [3.63, 3.8) is 0 Å². The Kier molecular flexibility index (Phi) is 7.55. The summed E-state index contributed by atoms with van der Waals surface area (Å²) >= 11 is 2.95. The first kappa shape index (κ1) is 23.9. The predicted molar refractivity (Wildman–Crippen MR) is 117 cm³/mol. The lowest BCUT2D eigenvalue weighted by atomic mass is 9.79. The maximum Gasteiger partial charge on any atom is 0.353 e. The van der Waals surface area contributed by atoms with Crippen LogP contribution in [0.2, 0.25) is 0 Å². The summed E-state index contributed by atoms with van der Waals surface area (Å²) in [5, 5.41) is 25.7. The van der Waals surface area contributed by atoms with Gasteiger partial charge in [0.1, 0.15) is 5.70 Å². The molecule has 10 nitrogen and oxygen atoms in total. The van der Waals surface area contributed by atoms with Gasteiger partial charge in [0.15, 0.2) is 0 Å². The van der Waals surface area contributed by atoms with E-state index in [1.165, 1.54) is 28.4 Å². The zero-order valence-electron chi connectivity index (χ0n) is 17.4. The van der Waals surface area contributed by atoms with E-state index in [0.717, 1.165) is 6.42 Å². The smallest absolute Gasteiger partial charge is 0.353 e. The molecule has 2 saturated heterocycles. The molecule has 6 atom stereocenters. The summed E-state index contributed by atoms with van der Waals surface area (Å²) in [7, 11) is 0. The minimum absolute atomic E-state index is 0.0494. The highest BCUT2D eigenvalue weighted by Crippen LogP contribution is 2.51. The second-order valence-electron chi connectivity index (χ2n) is 8.11. The number of rotatable bonds is 10. The van der Waals surface area contributed by atoms with Gasteiger partial charge in [0, 0.05) is 34.4 Å². The number of thioether (sulfide) groups is 2. The lowest BCUT2D eigenvalue weighted by molar-refractivity contribution is -0.163. The van der Waals surface area contributed by atoms with Crippen LogP contribution in [0.15, 0.2) is 10.6 Å². The summed E-state index contributed by atoms with van der Waals surface area (Å²) in [4.78, 5) is 48.7. The first-order valence-electron chi connectivity index (χ1n) is 10.1. The molecule has 0 saturated carbocycles. The van der Waals surface area contributed by atoms with Crippen LogP contribution in [0.1, 0.15) is 20.3 Å². The van der Waals surface area contributed by atoms with Gasteiger partial charge in [-0.05, 0) is 13.3 Å². The molecule has 3 amide bonds. The molecule has 0 bridgehead atoms. The number of carboxylic acids is 1. The van der Waals surface area contributed by atoms with E-state index in [2.05, 4.69) is 10.6 Å². The number of aliphatic carboxylic acids is 1. The molecule has 172 valence electrons. The number of carbonyl (C=O) groups is 4. The third-order valence-electron chi connectivity index (χ3n) is 5.80. The molecule has 0 radical (unpaired) electrons. The van der Waals surface area contributed by atoms with Crippen molar-refractivity contribution in [2.24, 2.45) is 17.6 Å². The molecular formula is C19H28N4O6S2. The first-order valence-corrected chi connectivity index (χ1v) is 12.2. The van der Waals surface area contributed by atoms with Crippen molar-refractivity contribution < 1.29 is 29.4 Å². The maximum absolute atomic E-state index is 12.4. The van der Waals surface area contributed by atoms with E-state index >= 15 is 0 Å². The Morgan fingerprint density at radius 1 is 1.39 bits per heavy atom. The van der Waals surface area contributed by atoms with Gasteiger partial charge in [-0.1, -0.05) is 6.92 Å². The highest BCUT2D eigenvalue weighted by molar-refractivity contribution is 8.03. The van der Waals surface area contributed by atoms with Gasteiger partial charge < -0.3 is 31.5 Å². The average molecular weight is 473 g/mol. The van der Waals surface area contributed by atoms with Gasteiger partial charge in [-0.2, -0.15) is 11.8 Å². The van der Waals surface area contributed by atoms with E-state index in [4.69, 9.17) is 5.73 Å². The summed E-state index contributed by atoms with van der Waals surface area (Å²) in [5.41, 5.74) is 5.04. The molecule has 3 heterocycles. The second-order valence-corrected chi connectivity index (χ2v) is 10.5. The zero-order valence-corrected chi connectivity index (χ0v) is 19.0. The molecular weight excluding hydrogens is 444 g/mol. The molecule has 6 N–H and O–H groups in total. The number of aliphatic hydroxyl groups excluding tert-OH is 1. The number of nitrogens with zero attached hydrogens (tertiary/aromatic N) is 1. The third kappa shape index (κ3) is 5.02. The lowest BCUT2D eigenvalue weighted by Gasteiger charge is -2.46. The van der Waals surface area contributed by atoms with E-state index < -0.39 is 23.9 Å². The number of aliphatic hydroxyl groups is 1. The average Bonchev–Trinajstić information content (AvgIpc) is 3.21. The van der Waals surface area contributed by atoms with Crippen molar-refractivity contribution >= 4 is 47.2 Å². The third-order valence-corrected chi connectivity index (χ3v) is 8.41. The highest BCUT2D eigenvalue weighted by atomic mass is 32.2. The van der Waals surface area contributed by atoms with Gasteiger partial charge in [-0.15, -0.1) is 11.8 Å². The van der Waals surface area contributed by atoms with Crippen molar-refractivity contribution in [1.82, 2.24) is 15.5 Å². The van der Waals surface area contributed by atoms with Crippen molar-refractivity contribution in [2.45, 2.75) is 43.7 Å². The minimum atomic E-state index is -1.12. The minimum Gasteiger partial charge on any atom is -0.477 e. The normalized spacial score (nSPS) is 30.7. The van der Waals surface area contributed by atoms with E-state index in [9.17, 15) is 29.4 Å². The molecule has 2 fully saturated rings. The summed E-state index contributed by atoms with van der Waals surface area (Å²) in [6.45, 7) is 4.01. The topological polar surface area (TPSA) is 162 Å². The van der Waals surface area contributed by atoms with Crippen LogP contribution in [0, 0.1) is 11.8 Å². The number of carboxylic acid groups (broad SMARTS) is 1. The van der Waals surface area contributed by atoms with E-state index in [1.807, 2.05) is 6.92 Å². The van der Waals surface area contributed by atoms with Crippen LogP contribution in [0.5, 0.6) is 0 Å². The molecule has 3 aliphatic heterocycles. The fourth-order valence-electron chi connectivity index (χ4n) is 4.39. The SMILES string of the molecule is C[C@H]1C(S[C@@H]2CN[C@H](CSCC(=O)NCC(N)=O)C2)=C(C(=O)O)N2C(=O)[C@H]([C@@H](C)O)C12. The number of hydrogen-bond acceptors (Lipinski definition) is 8. The first-order chi connectivity index (χ1) is 14.6. The van der Waals surface area contributed by atoms with Crippen LogP contribution < -0.4 is 16.4 Å². The number of amides is 3. The Labute approximate surface area is 188 Å². The van der Waals surface area contributed by atoms with Crippen LogP contribution in [0.3, 0.4) is 0 Å². The number of β-lactam (4-membered cyclic amide) rings is 1. The monoisotopic (exact) mass is 472 g/mol. The number of hydrogen-bond donors (Lipinski definition) is 5. The van der Waals surface area contributed by atoms with Gasteiger partial charge in [-0.25, -0.2) is 4.79 Å². The number of carbonyl (C=O) groups excluding carboxylic acids is 3. The number of primary amides is 1. The molecule has 0 aromatic rings. The Bertz CT molecular complexity index is 804. The number of nitrogens with one attached hydrogen (secondary N) is 2. The van der Waals surface area contributed by atoms with E-state index in [1.54, 1.807) is 6.92 Å². The summed E-state index contributed by atoms with van der Waals surface area (Å²) < 4.78 is 0. The summed E-state index contributed by atoms with van der Waals surface area (Å²) in [5.74, 6) is -2.04. The zero-order chi connectivity index (χ0) is 22.9. The molecule has 31 heavy (non-hydrogen) atoms. The van der Waals surface area contributed by atoms with Crippen molar-refractivity contribution in [2.75, 3.05) is 24.6 Å². The van der Waals surface area contributed by atoms with Gasteiger partial charge in [0.2, 0.25) is 17.7 Å². The molecule has 12 heteroatoms. The fourth-order valence-corrected chi connectivity index (χ4v) is 6.85. The van der Waals surface area contributed by atoms with E-state index in [0.29, 0.717) is 17.2 Å². The second kappa shape index (κ2) is 9.80. The Balaban J connectivity index is 1.53. The Morgan fingerprint density at radius 3 is 2.71 bits per heavy atom. The standard InChI is InChI=1S/C19H28N4O6S2/c1-8-15-14(9(2)24)18(27)23(15)16(19(28)29)17(8)31-11-3-10(21-4-11)6-30-7-13(26)22-5-12(20)25/h8-11,14-15,21,24H,3-7H2,1-2H3,(H2,20,25)(H,22,26)(H,28,29)/t8-,9-,10+,11+,14-,15?/m1/s1. The Morgan fingerprint density at radius 2 is 2.10 bits per heavy atom. The highest BCUT2D eigenvalue weighted by Gasteiger charge is 2.60. The lowest BCUT2D eigenvalue weighted by Crippen LogP contribution is -2.63. The summed E-state index contributed by atoms with van der Waals surface area (Å²) in [6.07, 6.45) is -0.00684.